The van der Waals surface area contributed by atoms with Crippen LogP contribution in [0, 0.1) is 5.41 Å². The molecule has 0 aliphatic rings. The second kappa shape index (κ2) is 11.6. The van der Waals surface area contributed by atoms with E-state index >= 15 is 0 Å². The minimum atomic E-state index is -6.00. The van der Waals surface area contributed by atoms with Crippen molar-refractivity contribution in [3.05, 3.63) is 54.6 Å². The summed E-state index contributed by atoms with van der Waals surface area (Å²) in [5.41, 5.74) is 4.00. The van der Waals surface area contributed by atoms with Crippen molar-refractivity contribution in [2.75, 3.05) is 28.4 Å². The van der Waals surface area contributed by atoms with E-state index in [2.05, 4.69) is 44.4 Å². The fourth-order valence-corrected chi connectivity index (χ4v) is 4.69. The van der Waals surface area contributed by atoms with Crippen LogP contribution in [0.4, 0.5) is 17.3 Å². The summed E-state index contributed by atoms with van der Waals surface area (Å²) >= 11 is 0. The van der Waals surface area contributed by atoms with Crippen molar-refractivity contribution in [1.82, 2.24) is 0 Å². The second-order valence-electron chi connectivity index (χ2n) is 10.0. The van der Waals surface area contributed by atoms with Gasteiger partial charge in [-0.3, -0.25) is 0 Å². The summed E-state index contributed by atoms with van der Waals surface area (Å²) < 4.78 is 65.0. The van der Waals surface area contributed by atoms with E-state index < -0.39 is 7.25 Å². The molecule has 4 aromatic rings. The Hall–Kier alpha value is -3.69. The van der Waals surface area contributed by atoms with Gasteiger partial charge in [0, 0.05) is 23.1 Å². The van der Waals surface area contributed by atoms with Gasteiger partial charge in [0.1, 0.15) is 23.0 Å². The van der Waals surface area contributed by atoms with Crippen molar-refractivity contribution in [2.24, 2.45) is 5.41 Å². The van der Waals surface area contributed by atoms with Gasteiger partial charge in [-0.15, -0.1) is 0 Å². The molecule has 0 amide bonds. The Morgan fingerprint density at radius 2 is 0.949 bits per heavy atom. The molecular formula is C29H34BF4NO4. The molecule has 4 rings (SSSR count). The lowest BCUT2D eigenvalue weighted by molar-refractivity contribution is -0.684. The molecule has 39 heavy (non-hydrogen) atoms. The quantitative estimate of drug-likeness (QED) is 0.107. The van der Waals surface area contributed by atoms with Crippen LogP contribution in [-0.4, -0.2) is 35.7 Å². The summed E-state index contributed by atoms with van der Waals surface area (Å²) in [5.74, 6) is 3.01. The third kappa shape index (κ3) is 6.15. The molecule has 0 saturated heterocycles. The SMILES string of the molecule is COc1cccc(OC)c1-c1c2c(OC)cccc2[n+]([C@@H](C)C(C)(C)C)c2cccc(OC)c12.F[B-](F)(F)F. The number of hydrogen-bond donors (Lipinski definition) is 0. The average molecular weight is 547 g/mol. The topological polar surface area (TPSA) is 40.8 Å². The van der Waals surface area contributed by atoms with Gasteiger partial charge in [-0.25, -0.2) is 0 Å². The molecule has 0 unspecified atom stereocenters. The number of nitrogens with zero attached hydrogens (tertiary/aromatic N) is 1. The van der Waals surface area contributed by atoms with Gasteiger partial charge in [-0.2, -0.15) is 4.57 Å². The van der Waals surface area contributed by atoms with Crippen LogP contribution in [0.2, 0.25) is 0 Å². The van der Waals surface area contributed by atoms with Crippen LogP contribution >= 0.6 is 0 Å². The highest BCUT2D eigenvalue weighted by Gasteiger charge is 2.36. The predicted octanol–water partition coefficient (Wildman–Crippen LogP) is 7.89. The Morgan fingerprint density at radius 1 is 0.615 bits per heavy atom. The van der Waals surface area contributed by atoms with Crippen LogP contribution in [0.1, 0.15) is 33.7 Å². The smallest absolute Gasteiger partial charge is 0.496 e. The zero-order valence-electron chi connectivity index (χ0n) is 23.4. The third-order valence-electron chi connectivity index (χ3n) is 6.79. The van der Waals surface area contributed by atoms with E-state index in [4.69, 9.17) is 18.9 Å². The molecule has 1 atom stereocenters. The maximum absolute atomic E-state index is 9.75. The van der Waals surface area contributed by atoms with E-state index in [9.17, 15) is 17.3 Å². The molecule has 1 heterocycles. The molecule has 5 nitrogen and oxygen atoms in total. The summed E-state index contributed by atoms with van der Waals surface area (Å²) in [6.45, 7) is 9.06. The van der Waals surface area contributed by atoms with Crippen molar-refractivity contribution in [2.45, 2.75) is 33.7 Å². The molecule has 0 bridgehead atoms. The van der Waals surface area contributed by atoms with Gasteiger partial charge < -0.3 is 36.2 Å². The van der Waals surface area contributed by atoms with E-state index in [0.717, 1.165) is 55.9 Å². The number of halogens is 4. The predicted molar refractivity (Wildman–Crippen MR) is 148 cm³/mol. The first-order valence-corrected chi connectivity index (χ1v) is 12.4. The van der Waals surface area contributed by atoms with Gasteiger partial charge >= 0.3 is 7.25 Å². The fraction of sp³-hybridized carbons (Fsp3) is 0.345. The molecule has 1 aromatic heterocycles. The Balaban J connectivity index is 0.000000771. The maximum Gasteiger partial charge on any atom is 0.673 e. The van der Waals surface area contributed by atoms with Crippen molar-refractivity contribution in [3.63, 3.8) is 0 Å². The minimum Gasteiger partial charge on any atom is -0.496 e. The molecule has 0 radical (unpaired) electrons. The van der Waals surface area contributed by atoms with Crippen LogP contribution in [0.3, 0.4) is 0 Å². The highest BCUT2D eigenvalue weighted by Crippen LogP contribution is 2.49. The number of hydrogen-bond acceptors (Lipinski definition) is 4. The zero-order valence-corrected chi connectivity index (χ0v) is 23.4. The lowest BCUT2D eigenvalue weighted by Gasteiger charge is -2.26. The molecule has 0 fully saturated rings. The molecule has 0 spiro atoms. The van der Waals surface area contributed by atoms with Crippen LogP contribution < -0.4 is 23.5 Å². The van der Waals surface area contributed by atoms with E-state index in [1.165, 1.54) is 0 Å². The molecular weight excluding hydrogens is 513 g/mol. The van der Waals surface area contributed by atoms with Gasteiger partial charge in [0.25, 0.3) is 0 Å². The molecule has 3 aromatic carbocycles. The summed E-state index contributed by atoms with van der Waals surface area (Å²) in [4.78, 5) is 0. The largest absolute Gasteiger partial charge is 0.673 e. The Kier molecular flexibility index (Phi) is 8.88. The number of pyridine rings is 1. The van der Waals surface area contributed by atoms with E-state index in [1.807, 2.05) is 42.5 Å². The zero-order chi connectivity index (χ0) is 29.1. The van der Waals surface area contributed by atoms with Crippen LogP contribution in [-0.2, 0) is 0 Å². The first kappa shape index (κ1) is 29.9. The highest BCUT2D eigenvalue weighted by atomic mass is 19.5. The second-order valence-corrected chi connectivity index (χ2v) is 10.0. The minimum absolute atomic E-state index is 0.0142. The molecule has 0 aliphatic carbocycles. The first-order valence-electron chi connectivity index (χ1n) is 12.4. The number of methoxy groups -OCH3 is 4. The standard InChI is InChI=1S/C29H34NO4.BF4/c1-18(29(2,3)4)30-19-12-9-14-21(31-5)25(19)28(26-20(30)13-10-15-22(26)32-6)27-23(33-7)16-11-17-24(27)34-8;2-1(3,4)5/h9-18H,1-8H3;/q+1;-1/t18-;/m0./s1. The van der Waals surface area contributed by atoms with E-state index in [0.29, 0.717) is 0 Å². The molecule has 0 aliphatic heterocycles. The number of aromatic nitrogens is 1. The molecule has 0 N–H and O–H groups in total. The third-order valence-corrected chi connectivity index (χ3v) is 6.79. The highest BCUT2D eigenvalue weighted by molar-refractivity contribution is 6.50. The Labute approximate surface area is 226 Å². The first-order chi connectivity index (χ1) is 18.3. The fourth-order valence-electron chi connectivity index (χ4n) is 4.69. The lowest BCUT2D eigenvalue weighted by Crippen LogP contribution is -2.46. The average Bonchev–Trinajstić information content (AvgIpc) is 2.88. The van der Waals surface area contributed by atoms with Gasteiger partial charge in [0.2, 0.25) is 11.0 Å². The van der Waals surface area contributed by atoms with Crippen molar-refractivity contribution < 1.29 is 40.8 Å². The normalized spacial score (nSPS) is 12.5. The van der Waals surface area contributed by atoms with Gasteiger partial charge in [0.15, 0.2) is 6.04 Å². The lowest BCUT2D eigenvalue weighted by atomic mass is 9.86. The van der Waals surface area contributed by atoms with Crippen molar-refractivity contribution in [1.29, 1.82) is 0 Å². The van der Waals surface area contributed by atoms with Gasteiger partial charge in [0.05, 0.1) is 44.8 Å². The summed E-state index contributed by atoms with van der Waals surface area (Å²) in [6.07, 6.45) is 0. The number of benzene rings is 3. The van der Waals surface area contributed by atoms with Gasteiger partial charge in [-0.05, 0) is 31.2 Å². The summed E-state index contributed by atoms with van der Waals surface area (Å²) in [7, 11) is 0.785. The van der Waals surface area contributed by atoms with E-state index in [1.54, 1.807) is 28.4 Å². The number of fused-ring (bicyclic) bond motifs is 2. The number of ether oxygens (including phenoxy) is 4. The molecule has 0 saturated carbocycles. The van der Waals surface area contributed by atoms with Crippen LogP contribution in [0.25, 0.3) is 32.9 Å². The maximum atomic E-state index is 9.75. The van der Waals surface area contributed by atoms with Crippen molar-refractivity contribution >= 4 is 29.1 Å². The van der Waals surface area contributed by atoms with E-state index in [-0.39, 0.29) is 11.5 Å². The molecule has 10 heteroatoms. The van der Waals surface area contributed by atoms with Gasteiger partial charge in [-0.1, -0.05) is 39.0 Å². The Bertz CT molecular complexity index is 1380. The summed E-state index contributed by atoms with van der Waals surface area (Å²) in [6, 6.07) is 18.4. The molecule has 210 valence electrons. The summed E-state index contributed by atoms with van der Waals surface area (Å²) in [5, 5.41) is 1.97. The number of rotatable bonds is 6. The Morgan fingerprint density at radius 3 is 1.28 bits per heavy atom. The van der Waals surface area contributed by atoms with Crippen molar-refractivity contribution in [3.8, 4) is 34.1 Å². The monoisotopic (exact) mass is 547 g/mol. The van der Waals surface area contributed by atoms with Crippen LogP contribution in [0.15, 0.2) is 54.6 Å². The van der Waals surface area contributed by atoms with Crippen LogP contribution in [0.5, 0.6) is 23.0 Å².